The highest BCUT2D eigenvalue weighted by Gasteiger charge is 2.22. The Morgan fingerprint density at radius 2 is 1.89 bits per heavy atom. The molecule has 19 heavy (non-hydrogen) atoms. The van der Waals surface area contributed by atoms with Gasteiger partial charge in [-0.05, 0) is 50.5 Å². The van der Waals surface area contributed by atoms with Crippen molar-refractivity contribution in [3.05, 3.63) is 35.1 Å². The Morgan fingerprint density at radius 1 is 1.26 bits per heavy atom. The molecular weight excluding hydrogens is 247 g/mol. The van der Waals surface area contributed by atoms with Crippen molar-refractivity contribution in [2.45, 2.75) is 39.5 Å². The molecule has 0 aliphatic rings. The fourth-order valence-corrected chi connectivity index (χ4v) is 1.97. The van der Waals surface area contributed by atoms with Crippen LogP contribution in [0.4, 0.5) is 4.39 Å². The van der Waals surface area contributed by atoms with Gasteiger partial charge in [0.1, 0.15) is 5.82 Å². The fourth-order valence-electron chi connectivity index (χ4n) is 1.97. The van der Waals surface area contributed by atoms with Crippen LogP contribution in [0.15, 0.2) is 18.2 Å². The second kappa shape index (κ2) is 8.22. The lowest BCUT2D eigenvalue weighted by molar-refractivity contribution is -0.153. The van der Waals surface area contributed by atoms with E-state index in [0.717, 1.165) is 11.1 Å². The van der Waals surface area contributed by atoms with E-state index in [1.165, 1.54) is 12.1 Å². The smallest absolute Gasteiger partial charge is 0.174 e. The number of nitrogens with two attached hydrogens (primary N) is 1. The molecule has 0 aliphatic carbocycles. The highest BCUT2D eigenvalue weighted by molar-refractivity contribution is 5.27. The van der Waals surface area contributed by atoms with Gasteiger partial charge in [-0.1, -0.05) is 6.07 Å². The van der Waals surface area contributed by atoms with Gasteiger partial charge in [0, 0.05) is 13.2 Å². The van der Waals surface area contributed by atoms with Crippen molar-refractivity contribution < 1.29 is 13.9 Å². The lowest BCUT2D eigenvalue weighted by atomic mass is 10.0. The van der Waals surface area contributed by atoms with Crippen LogP contribution in [-0.4, -0.2) is 25.5 Å². The molecule has 0 saturated carbocycles. The highest BCUT2D eigenvalue weighted by atomic mass is 19.1. The monoisotopic (exact) mass is 270 g/mol. The zero-order chi connectivity index (χ0) is 14.3. The van der Waals surface area contributed by atoms with Crippen LogP contribution in [0.1, 0.15) is 25.0 Å². The van der Waals surface area contributed by atoms with E-state index in [1.54, 1.807) is 6.07 Å². The zero-order valence-corrected chi connectivity index (χ0v) is 11.8. The predicted octanol–water partition coefficient (Wildman–Crippen LogP) is 1.91. The molecule has 0 spiro atoms. The van der Waals surface area contributed by atoms with Crippen molar-refractivity contribution >= 4 is 0 Å². The van der Waals surface area contributed by atoms with Gasteiger partial charge in [0.05, 0.1) is 6.04 Å². The standard InChI is InChI=1S/C14H23FN2O2/c1-4-18-14(19-5-2)13(17-16)9-11-6-7-12(15)8-10(11)3/h6-8,13-14,17H,4-5,9,16H2,1-3H3. The minimum Gasteiger partial charge on any atom is -0.351 e. The summed E-state index contributed by atoms with van der Waals surface area (Å²) in [5.74, 6) is 5.35. The summed E-state index contributed by atoms with van der Waals surface area (Å²) in [6.45, 7) is 6.78. The number of hydrogen-bond donors (Lipinski definition) is 2. The van der Waals surface area contributed by atoms with Crippen LogP contribution in [0.3, 0.4) is 0 Å². The van der Waals surface area contributed by atoms with Gasteiger partial charge in [-0.3, -0.25) is 11.3 Å². The number of ether oxygens (including phenoxy) is 2. The van der Waals surface area contributed by atoms with Crippen molar-refractivity contribution in [2.75, 3.05) is 13.2 Å². The quantitative estimate of drug-likeness (QED) is 0.430. The maximum Gasteiger partial charge on any atom is 0.174 e. The molecule has 0 saturated heterocycles. The van der Waals surface area contributed by atoms with Crippen LogP contribution in [0, 0.1) is 12.7 Å². The van der Waals surface area contributed by atoms with Crippen molar-refractivity contribution in [2.24, 2.45) is 5.84 Å². The van der Waals surface area contributed by atoms with Gasteiger partial charge in [0.15, 0.2) is 6.29 Å². The summed E-state index contributed by atoms with van der Waals surface area (Å²) < 4.78 is 24.1. The summed E-state index contributed by atoms with van der Waals surface area (Å²) in [7, 11) is 0. The number of halogens is 1. The van der Waals surface area contributed by atoms with Crippen LogP contribution >= 0.6 is 0 Å². The Balaban J connectivity index is 2.78. The first-order valence-electron chi connectivity index (χ1n) is 6.56. The van der Waals surface area contributed by atoms with E-state index >= 15 is 0 Å². The molecule has 1 aromatic rings. The maximum atomic E-state index is 13.1. The third-order valence-electron chi connectivity index (χ3n) is 2.95. The van der Waals surface area contributed by atoms with Crippen molar-refractivity contribution in [1.82, 2.24) is 5.43 Å². The van der Waals surface area contributed by atoms with Crippen LogP contribution in [0.5, 0.6) is 0 Å². The topological polar surface area (TPSA) is 56.5 Å². The van der Waals surface area contributed by atoms with E-state index in [2.05, 4.69) is 5.43 Å². The lowest BCUT2D eigenvalue weighted by Crippen LogP contribution is -2.48. The van der Waals surface area contributed by atoms with Gasteiger partial charge in [-0.25, -0.2) is 4.39 Å². The summed E-state index contributed by atoms with van der Waals surface area (Å²) in [6.07, 6.45) is 0.206. The molecular formula is C14H23FN2O2. The molecule has 0 fully saturated rings. The molecule has 0 amide bonds. The number of rotatable bonds is 8. The Kier molecular flexibility index (Phi) is 6.94. The fraction of sp³-hybridized carbons (Fsp3) is 0.571. The first-order valence-corrected chi connectivity index (χ1v) is 6.56. The summed E-state index contributed by atoms with van der Waals surface area (Å²) in [6, 6.07) is 4.55. The second-order valence-corrected chi connectivity index (χ2v) is 4.33. The predicted molar refractivity (Wildman–Crippen MR) is 73.0 cm³/mol. The van der Waals surface area contributed by atoms with Gasteiger partial charge < -0.3 is 9.47 Å². The largest absolute Gasteiger partial charge is 0.351 e. The molecule has 5 heteroatoms. The molecule has 0 aromatic heterocycles. The average Bonchev–Trinajstić information content (AvgIpc) is 2.38. The van der Waals surface area contributed by atoms with E-state index in [4.69, 9.17) is 15.3 Å². The highest BCUT2D eigenvalue weighted by Crippen LogP contribution is 2.15. The number of hydrogen-bond acceptors (Lipinski definition) is 4. The number of aryl methyl sites for hydroxylation is 1. The summed E-state index contributed by atoms with van der Waals surface area (Å²) in [4.78, 5) is 0. The van der Waals surface area contributed by atoms with E-state index < -0.39 is 6.29 Å². The van der Waals surface area contributed by atoms with Crippen molar-refractivity contribution in [3.63, 3.8) is 0 Å². The van der Waals surface area contributed by atoms with Crippen LogP contribution < -0.4 is 11.3 Å². The lowest BCUT2D eigenvalue weighted by Gasteiger charge is -2.26. The SMILES string of the molecule is CCOC(OCC)C(Cc1ccc(F)cc1C)NN. The third kappa shape index (κ3) is 4.87. The molecule has 1 unspecified atom stereocenters. The molecule has 1 atom stereocenters. The minimum atomic E-state index is -0.413. The van der Waals surface area contributed by atoms with Crippen LogP contribution in [0.25, 0.3) is 0 Å². The molecule has 4 nitrogen and oxygen atoms in total. The van der Waals surface area contributed by atoms with Crippen LogP contribution in [0.2, 0.25) is 0 Å². The van der Waals surface area contributed by atoms with Gasteiger partial charge in [0.2, 0.25) is 0 Å². The normalized spacial score (nSPS) is 12.9. The molecule has 1 aromatic carbocycles. The number of hydrazine groups is 1. The van der Waals surface area contributed by atoms with E-state index in [-0.39, 0.29) is 11.9 Å². The van der Waals surface area contributed by atoms with Gasteiger partial charge in [0.25, 0.3) is 0 Å². The number of benzene rings is 1. The number of nitrogens with one attached hydrogen (secondary N) is 1. The first kappa shape index (κ1) is 16.0. The second-order valence-electron chi connectivity index (χ2n) is 4.33. The van der Waals surface area contributed by atoms with Gasteiger partial charge in [-0.2, -0.15) is 0 Å². The van der Waals surface area contributed by atoms with Crippen molar-refractivity contribution in [3.8, 4) is 0 Å². The van der Waals surface area contributed by atoms with E-state index in [9.17, 15) is 4.39 Å². The van der Waals surface area contributed by atoms with E-state index in [1.807, 2.05) is 20.8 Å². The summed E-state index contributed by atoms with van der Waals surface area (Å²) in [5.41, 5.74) is 4.64. The zero-order valence-electron chi connectivity index (χ0n) is 11.8. The van der Waals surface area contributed by atoms with Crippen molar-refractivity contribution in [1.29, 1.82) is 0 Å². The molecule has 108 valence electrons. The molecule has 3 N–H and O–H groups in total. The molecule has 0 radical (unpaired) electrons. The Bertz CT molecular complexity index is 382. The molecule has 0 aliphatic heterocycles. The summed E-state index contributed by atoms with van der Waals surface area (Å²) >= 11 is 0. The Labute approximate surface area is 114 Å². The minimum absolute atomic E-state index is 0.177. The third-order valence-corrected chi connectivity index (χ3v) is 2.95. The molecule has 1 rings (SSSR count). The Morgan fingerprint density at radius 3 is 2.37 bits per heavy atom. The first-order chi connectivity index (χ1) is 9.12. The Hall–Kier alpha value is -1.01. The molecule has 0 bridgehead atoms. The van der Waals surface area contributed by atoms with E-state index in [0.29, 0.717) is 19.6 Å². The molecule has 0 heterocycles. The van der Waals surface area contributed by atoms with Gasteiger partial charge >= 0.3 is 0 Å². The van der Waals surface area contributed by atoms with Crippen LogP contribution in [-0.2, 0) is 15.9 Å². The van der Waals surface area contributed by atoms with Gasteiger partial charge in [-0.15, -0.1) is 0 Å². The maximum absolute atomic E-state index is 13.1. The average molecular weight is 270 g/mol. The summed E-state index contributed by atoms with van der Waals surface area (Å²) in [5, 5.41) is 0.